The molecule has 1 heterocycles. The lowest BCUT2D eigenvalue weighted by atomic mass is 9.82. The summed E-state index contributed by atoms with van der Waals surface area (Å²) in [5.74, 6) is -0.814. The molecule has 1 atom stereocenters. The first kappa shape index (κ1) is 15.7. The van der Waals surface area contributed by atoms with Crippen LogP contribution in [0.3, 0.4) is 0 Å². The first-order valence-electron chi connectivity index (χ1n) is 7.89. The summed E-state index contributed by atoms with van der Waals surface area (Å²) in [4.78, 5) is 24.4. The maximum atomic E-state index is 12.3. The van der Waals surface area contributed by atoms with E-state index < -0.39 is 11.5 Å². The molecule has 1 aliphatic heterocycles. The van der Waals surface area contributed by atoms with Crippen LogP contribution in [0.4, 0.5) is 0 Å². The minimum Gasteiger partial charge on any atom is -0.458 e. The third kappa shape index (κ3) is 3.72. The molecule has 1 aliphatic rings. The normalized spacial score (nSPS) is 21.1. The third-order valence-electron chi connectivity index (χ3n) is 4.58. The Kier molecular flexibility index (Phi) is 5.16. The van der Waals surface area contributed by atoms with Gasteiger partial charge >= 0.3 is 5.97 Å². The Morgan fingerprint density at radius 1 is 1.14 bits per heavy atom. The average molecular weight is 288 g/mol. The highest BCUT2D eigenvalue weighted by Crippen LogP contribution is 2.34. The van der Waals surface area contributed by atoms with E-state index in [9.17, 15) is 9.59 Å². The number of ether oxygens (including phenoxy) is 1. The highest BCUT2D eigenvalue weighted by Gasteiger charge is 2.44. The average Bonchev–Trinajstić information content (AvgIpc) is 2.51. The molecule has 1 fully saturated rings. The van der Waals surface area contributed by atoms with Crippen molar-refractivity contribution in [3.63, 3.8) is 0 Å². The maximum absolute atomic E-state index is 12.3. The Balaban J connectivity index is 1.90. The number of aryl methyl sites for hydroxylation is 1. The first-order chi connectivity index (χ1) is 10.1. The third-order valence-corrected chi connectivity index (χ3v) is 4.58. The van der Waals surface area contributed by atoms with E-state index >= 15 is 0 Å². The summed E-state index contributed by atoms with van der Waals surface area (Å²) in [5.41, 5.74) is 0.690. The van der Waals surface area contributed by atoms with E-state index in [0.29, 0.717) is 25.7 Å². The van der Waals surface area contributed by atoms with E-state index in [1.165, 1.54) is 5.56 Å². The van der Waals surface area contributed by atoms with Gasteiger partial charge in [-0.05, 0) is 37.7 Å². The Labute approximate surface area is 126 Å². The molecule has 0 N–H and O–H groups in total. The second kappa shape index (κ2) is 6.88. The second-order valence-electron chi connectivity index (χ2n) is 5.88. The standard InChI is InChI=1S/C18H24O3/c1-3-18(4-2)13-16(19)15(17(20)21-18)12-8-11-14-9-6-5-7-10-14/h5-7,9-10,15H,3-4,8,11-13H2,1-2H3. The van der Waals surface area contributed by atoms with Gasteiger partial charge < -0.3 is 4.74 Å². The van der Waals surface area contributed by atoms with Gasteiger partial charge in [-0.1, -0.05) is 44.2 Å². The molecule has 2 rings (SSSR count). The minimum atomic E-state index is -0.556. The molecular formula is C18H24O3. The Morgan fingerprint density at radius 2 is 1.81 bits per heavy atom. The van der Waals surface area contributed by atoms with E-state index in [0.717, 1.165) is 12.8 Å². The fourth-order valence-corrected chi connectivity index (χ4v) is 2.97. The van der Waals surface area contributed by atoms with Crippen molar-refractivity contribution in [1.29, 1.82) is 0 Å². The number of rotatable bonds is 6. The van der Waals surface area contributed by atoms with Crippen molar-refractivity contribution in [1.82, 2.24) is 0 Å². The molecule has 0 radical (unpaired) electrons. The number of Topliss-reactive ketones (excluding diaryl/α,β-unsaturated/α-hetero) is 1. The molecule has 0 bridgehead atoms. The number of esters is 1. The van der Waals surface area contributed by atoms with Gasteiger partial charge in [0.05, 0.1) is 0 Å². The van der Waals surface area contributed by atoms with Crippen LogP contribution >= 0.6 is 0 Å². The van der Waals surface area contributed by atoms with Crippen molar-refractivity contribution in [2.45, 2.75) is 58.0 Å². The van der Waals surface area contributed by atoms with Gasteiger partial charge in [-0.15, -0.1) is 0 Å². The molecule has 0 aromatic heterocycles. The van der Waals surface area contributed by atoms with Gasteiger partial charge in [-0.3, -0.25) is 9.59 Å². The van der Waals surface area contributed by atoms with Crippen LogP contribution in [0.5, 0.6) is 0 Å². The zero-order valence-corrected chi connectivity index (χ0v) is 12.9. The number of benzene rings is 1. The molecule has 0 amide bonds. The predicted octanol–water partition coefficient (Wildman–Crippen LogP) is 3.70. The fraction of sp³-hybridized carbons (Fsp3) is 0.556. The van der Waals surface area contributed by atoms with Crippen LogP contribution in [-0.4, -0.2) is 17.4 Å². The molecule has 1 saturated heterocycles. The molecule has 114 valence electrons. The van der Waals surface area contributed by atoms with Gasteiger partial charge in [0.2, 0.25) is 0 Å². The number of carbonyl (C=O) groups is 2. The molecule has 0 spiro atoms. The highest BCUT2D eigenvalue weighted by atomic mass is 16.6. The van der Waals surface area contributed by atoms with Crippen molar-refractivity contribution >= 4 is 11.8 Å². The SMILES string of the molecule is CCC1(CC)CC(=O)C(CCCc2ccccc2)C(=O)O1. The van der Waals surface area contributed by atoms with Gasteiger partial charge in [0.15, 0.2) is 5.78 Å². The summed E-state index contributed by atoms with van der Waals surface area (Å²) in [6.45, 7) is 3.94. The summed E-state index contributed by atoms with van der Waals surface area (Å²) in [6, 6.07) is 10.1. The quantitative estimate of drug-likeness (QED) is 0.592. The highest BCUT2D eigenvalue weighted by molar-refractivity contribution is 6.01. The number of carbonyl (C=O) groups excluding carboxylic acids is 2. The minimum absolute atomic E-state index is 0.0583. The molecule has 3 heteroatoms. The topological polar surface area (TPSA) is 43.4 Å². The van der Waals surface area contributed by atoms with E-state index in [1.54, 1.807) is 0 Å². The molecule has 1 aromatic carbocycles. The van der Waals surface area contributed by atoms with E-state index in [4.69, 9.17) is 4.74 Å². The van der Waals surface area contributed by atoms with Gasteiger partial charge in [-0.25, -0.2) is 0 Å². The van der Waals surface area contributed by atoms with Crippen LogP contribution in [0.15, 0.2) is 30.3 Å². The fourth-order valence-electron chi connectivity index (χ4n) is 2.97. The largest absolute Gasteiger partial charge is 0.458 e. The summed E-state index contributed by atoms with van der Waals surface area (Å²) >= 11 is 0. The Morgan fingerprint density at radius 3 is 2.38 bits per heavy atom. The summed E-state index contributed by atoms with van der Waals surface area (Å²) in [7, 11) is 0. The molecule has 0 aliphatic carbocycles. The zero-order valence-electron chi connectivity index (χ0n) is 12.9. The number of ketones is 1. The van der Waals surface area contributed by atoms with Crippen molar-refractivity contribution in [3.05, 3.63) is 35.9 Å². The van der Waals surface area contributed by atoms with Crippen LogP contribution in [0.1, 0.15) is 51.5 Å². The lowest BCUT2D eigenvalue weighted by Gasteiger charge is -2.37. The first-order valence-corrected chi connectivity index (χ1v) is 7.89. The smallest absolute Gasteiger partial charge is 0.317 e. The number of hydrogen-bond acceptors (Lipinski definition) is 3. The second-order valence-corrected chi connectivity index (χ2v) is 5.88. The molecule has 1 aromatic rings. The van der Waals surface area contributed by atoms with Crippen LogP contribution < -0.4 is 0 Å². The monoisotopic (exact) mass is 288 g/mol. The molecular weight excluding hydrogens is 264 g/mol. The van der Waals surface area contributed by atoms with Crippen molar-refractivity contribution in [2.75, 3.05) is 0 Å². The molecule has 1 unspecified atom stereocenters. The van der Waals surface area contributed by atoms with Crippen LogP contribution in [0, 0.1) is 5.92 Å². The van der Waals surface area contributed by atoms with E-state index in [1.807, 2.05) is 32.0 Å². The van der Waals surface area contributed by atoms with E-state index in [2.05, 4.69) is 12.1 Å². The van der Waals surface area contributed by atoms with Crippen molar-refractivity contribution in [3.8, 4) is 0 Å². The predicted molar refractivity (Wildman–Crippen MR) is 81.9 cm³/mol. The number of hydrogen-bond donors (Lipinski definition) is 0. The maximum Gasteiger partial charge on any atom is 0.317 e. The number of cyclic esters (lactones) is 1. The van der Waals surface area contributed by atoms with Crippen molar-refractivity contribution in [2.24, 2.45) is 5.92 Å². The summed E-state index contributed by atoms with van der Waals surface area (Å²) in [5, 5.41) is 0. The van der Waals surface area contributed by atoms with Gasteiger partial charge in [0.1, 0.15) is 11.5 Å². The lowest BCUT2D eigenvalue weighted by Crippen LogP contribution is -2.46. The summed E-state index contributed by atoms with van der Waals surface area (Å²) in [6.07, 6.45) is 4.11. The van der Waals surface area contributed by atoms with Gasteiger partial charge in [-0.2, -0.15) is 0 Å². The van der Waals surface area contributed by atoms with Gasteiger partial charge in [0.25, 0.3) is 0 Å². The van der Waals surface area contributed by atoms with Crippen LogP contribution in [-0.2, 0) is 20.7 Å². The summed E-state index contributed by atoms with van der Waals surface area (Å²) < 4.78 is 5.60. The lowest BCUT2D eigenvalue weighted by molar-refractivity contribution is -0.178. The van der Waals surface area contributed by atoms with Crippen molar-refractivity contribution < 1.29 is 14.3 Å². The van der Waals surface area contributed by atoms with E-state index in [-0.39, 0.29) is 11.8 Å². The van der Waals surface area contributed by atoms with Crippen LogP contribution in [0.2, 0.25) is 0 Å². The Bertz CT molecular complexity index is 468. The Hall–Kier alpha value is -1.64. The van der Waals surface area contributed by atoms with Crippen LogP contribution in [0.25, 0.3) is 0 Å². The molecule has 3 nitrogen and oxygen atoms in total. The molecule has 0 saturated carbocycles. The molecule has 21 heavy (non-hydrogen) atoms. The van der Waals surface area contributed by atoms with Gasteiger partial charge in [0, 0.05) is 6.42 Å². The zero-order chi connectivity index (χ0) is 15.3.